The van der Waals surface area contributed by atoms with Gasteiger partial charge in [0, 0.05) is 15.1 Å². The molecule has 0 amide bonds. The molecule has 4 aromatic rings. The maximum atomic E-state index is 5.81. The molecule has 0 aromatic heterocycles. The standard InChI is InChI=1S/2C8H9Cl.C8H10O.C7H7Cl/c2*1-6-3-4-7(2)8(9)5-6;1-7-3-5-8(9-2)6-4-7;1-6-2-4-7(8)5-3-6/h2*3-5H,1-2H3;3-6H,1-2H3;2-5H,1H3. The molecule has 0 heterocycles. The highest BCUT2D eigenvalue weighted by molar-refractivity contribution is 6.31. The van der Waals surface area contributed by atoms with Gasteiger partial charge in [0.25, 0.3) is 0 Å². The summed E-state index contributed by atoms with van der Waals surface area (Å²) < 4.78 is 4.97. The van der Waals surface area contributed by atoms with Gasteiger partial charge in [-0.3, -0.25) is 0 Å². The summed E-state index contributed by atoms with van der Waals surface area (Å²) >= 11 is 17.2. The Bertz CT molecular complexity index is 1080. The molecule has 4 aromatic carbocycles. The Morgan fingerprint density at radius 2 is 0.800 bits per heavy atom. The monoisotopic (exact) mass is 528 g/mol. The van der Waals surface area contributed by atoms with Crippen LogP contribution in [0, 0.1) is 41.5 Å². The molecule has 0 unspecified atom stereocenters. The van der Waals surface area contributed by atoms with E-state index in [1.807, 2.05) is 107 Å². The molecule has 0 radical (unpaired) electrons. The fourth-order valence-electron chi connectivity index (χ4n) is 2.60. The molecule has 0 aliphatic heterocycles. The molecule has 0 aliphatic rings. The molecule has 0 fully saturated rings. The zero-order chi connectivity index (χ0) is 26.4. The average Bonchev–Trinajstić information content (AvgIpc) is 2.83. The second-order valence-electron chi connectivity index (χ2n) is 8.32. The van der Waals surface area contributed by atoms with Gasteiger partial charge in [0.2, 0.25) is 0 Å². The quantitative estimate of drug-likeness (QED) is 0.238. The normalized spacial score (nSPS) is 9.43. The first-order valence-corrected chi connectivity index (χ1v) is 12.4. The highest BCUT2D eigenvalue weighted by Crippen LogP contribution is 2.16. The van der Waals surface area contributed by atoms with Gasteiger partial charge in [0.05, 0.1) is 7.11 Å². The lowest BCUT2D eigenvalue weighted by Crippen LogP contribution is -1.80. The minimum absolute atomic E-state index is 0.801. The van der Waals surface area contributed by atoms with Crippen molar-refractivity contribution in [2.45, 2.75) is 41.5 Å². The van der Waals surface area contributed by atoms with Gasteiger partial charge in [-0.25, -0.2) is 0 Å². The van der Waals surface area contributed by atoms with Crippen LogP contribution in [0.2, 0.25) is 15.1 Å². The third kappa shape index (κ3) is 13.3. The van der Waals surface area contributed by atoms with E-state index < -0.39 is 0 Å². The zero-order valence-corrected chi connectivity index (χ0v) is 23.9. The number of halogens is 3. The van der Waals surface area contributed by atoms with Gasteiger partial charge in [-0.05, 0) is 100 Å². The lowest BCUT2D eigenvalue weighted by atomic mass is 10.2. The molecule has 0 spiro atoms. The van der Waals surface area contributed by atoms with Crippen LogP contribution in [-0.2, 0) is 0 Å². The van der Waals surface area contributed by atoms with Crippen molar-refractivity contribution in [3.05, 3.63) is 133 Å². The summed E-state index contributed by atoms with van der Waals surface area (Å²) in [5.41, 5.74) is 7.21. The van der Waals surface area contributed by atoms with Crippen molar-refractivity contribution in [3.63, 3.8) is 0 Å². The van der Waals surface area contributed by atoms with Crippen molar-refractivity contribution >= 4 is 34.8 Å². The molecule has 0 aliphatic carbocycles. The van der Waals surface area contributed by atoms with E-state index in [1.54, 1.807) is 7.11 Å². The van der Waals surface area contributed by atoms with E-state index in [4.69, 9.17) is 39.5 Å². The molecule has 0 saturated heterocycles. The van der Waals surface area contributed by atoms with Crippen molar-refractivity contribution in [3.8, 4) is 5.75 Å². The van der Waals surface area contributed by atoms with E-state index in [-0.39, 0.29) is 0 Å². The molecule has 4 rings (SSSR count). The summed E-state index contributed by atoms with van der Waals surface area (Å²) in [7, 11) is 1.67. The summed E-state index contributed by atoms with van der Waals surface area (Å²) in [5, 5.41) is 2.51. The summed E-state index contributed by atoms with van der Waals surface area (Å²) in [5.74, 6) is 0.917. The largest absolute Gasteiger partial charge is 0.497 e. The lowest BCUT2D eigenvalue weighted by Gasteiger charge is -1.97. The van der Waals surface area contributed by atoms with Crippen LogP contribution in [0.4, 0.5) is 0 Å². The van der Waals surface area contributed by atoms with Crippen LogP contribution in [0.3, 0.4) is 0 Å². The van der Waals surface area contributed by atoms with Crippen LogP contribution in [0.1, 0.15) is 33.4 Å². The van der Waals surface area contributed by atoms with Gasteiger partial charge in [-0.15, -0.1) is 0 Å². The van der Waals surface area contributed by atoms with Gasteiger partial charge in [-0.1, -0.05) is 94.5 Å². The molecule has 0 N–H and O–H groups in total. The van der Waals surface area contributed by atoms with Crippen molar-refractivity contribution in [1.29, 1.82) is 0 Å². The van der Waals surface area contributed by atoms with Crippen LogP contribution in [0.15, 0.2) is 84.9 Å². The third-order valence-corrected chi connectivity index (χ3v) is 5.99. The first kappa shape index (κ1) is 30.6. The second kappa shape index (κ2) is 16.3. The Labute approximate surface area is 226 Å². The molecule has 35 heavy (non-hydrogen) atoms. The van der Waals surface area contributed by atoms with Crippen molar-refractivity contribution in [2.24, 2.45) is 0 Å². The summed E-state index contributed by atoms with van der Waals surface area (Å²) in [6, 6.07) is 27.8. The van der Waals surface area contributed by atoms with Gasteiger partial charge >= 0.3 is 0 Å². The molecule has 1 nitrogen and oxygen atoms in total. The van der Waals surface area contributed by atoms with E-state index in [9.17, 15) is 0 Å². The predicted octanol–water partition coefficient (Wildman–Crippen LogP) is 10.6. The Morgan fingerprint density at radius 1 is 0.457 bits per heavy atom. The summed E-state index contributed by atoms with van der Waals surface area (Å²) in [6.07, 6.45) is 0. The number of rotatable bonds is 1. The Morgan fingerprint density at radius 3 is 1.09 bits per heavy atom. The Kier molecular flexibility index (Phi) is 14.2. The topological polar surface area (TPSA) is 9.23 Å². The van der Waals surface area contributed by atoms with Gasteiger partial charge in [-0.2, -0.15) is 0 Å². The Hall–Kier alpha value is -2.45. The zero-order valence-electron chi connectivity index (χ0n) is 21.6. The third-order valence-electron chi connectivity index (χ3n) is 4.92. The van der Waals surface area contributed by atoms with Crippen molar-refractivity contribution in [2.75, 3.05) is 7.11 Å². The van der Waals surface area contributed by atoms with E-state index in [2.05, 4.69) is 19.1 Å². The SMILES string of the molecule is COc1ccc(C)cc1.Cc1ccc(C)c(Cl)c1.Cc1ccc(C)c(Cl)c1.Cc1ccc(Cl)cc1. The van der Waals surface area contributed by atoms with E-state index in [1.165, 1.54) is 22.3 Å². The highest BCUT2D eigenvalue weighted by atomic mass is 35.5. The fraction of sp³-hybridized carbons (Fsp3) is 0.226. The summed E-state index contributed by atoms with van der Waals surface area (Å²) in [6.45, 7) is 12.2. The van der Waals surface area contributed by atoms with E-state index in [0.717, 1.165) is 31.9 Å². The van der Waals surface area contributed by atoms with Crippen LogP contribution in [0.25, 0.3) is 0 Å². The smallest absolute Gasteiger partial charge is 0.118 e. The van der Waals surface area contributed by atoms with Gasteiger partial charge in [0.1, 0.15) is 5.75 Å². The van der Waals surface area contributed by atoms with E-state index in [0.29, 0.717) is 0 Å². The first-order chi connectivity index (χ1) is 16.5. The lowest BCUT2D eigenvalue weighted by molar-refractivity contribution is 0.414. The molecular formula is C31H35Cl3O. The van der Waals surface area contributed by atoms with Crippen LogP contribution in [-0.4, -0.2) is 7.11 Å². The molecule has 0 saturated carbocycles. The molecular weight excluding hydrogens is 495 g/mol. The number of hydrogen-bond donors (Lipinski definition) is 0. The predicted molar refractivity (Wildman–Crippen MR) is 156 cm³/mol. The Balaban J connectivity index is 0.000000234. The number of hydrogen-bond acceptors (Lipinski definition) is 1. The second-order valence-corrected chi connectivity index (χ2v) is 9.57. The number of benzene rings is 4. The minimum atomic E-state index is 0.801. The van der Waals surface area contributed by atoms with Crippen molar-refractivity contribution < 1.29 is 4.74 Å². The fourth-order valence-corrected chi connectivity index (χ4v) is 3.20. The number of aryl methyl sites for hydroxylation is 6. The average molecular weight is 530 g/mol. The molecule has 186 valence electrons. The van der Waals surface area contributed by atoms with E-state index >= 15 is 0 Å². The summed E-state index contributed by atoms with van der Waals surface area (Å²) in [4.78, 5) is 0. The minimum Gasteiger partial charge on any atom is -0.497 e. The van der Waals surface area contributed by atoms with Crippen molar-refractivity contribution in [1.82, 2.24) is 0 Å². The molecule has 4 heteroatoms. The van der Waals surface area contributed by atoms with Crippen LogP contribution < -0.4 is 4.74 Å². The van der Waals surface area contributed by atoms with Crippen LogP contribution in [0.5, 0.6) is 5.75 Å². The maximum Gasteiger partial charge on any atom is 0.118 e. The molecule has 0 atom stereocenters. The molecule has 0 bridgehead atoms. The van der Waals surface area contributed by atoms with Gasteiger partial charge < -0.3 is 4.74 Å². The number of methoxy groups -OCH3 is 1. The maximum absolute atomic E-state index is 5.81. The first-order valence-electron chi connectivity index (χ1n) is 11.3. The highest BCUT2D eigenvalue weighted by Gasteiger charge is 1.92. The van der Waals surface area contributed by atoms with Crippen LogP contribution >= 0.6 is 34.8 Å². The number of ether oxygens (including phenoxy) is 1. The van der Waals surface area contributed by atoms with Gasteiger partial charge in [0.15, 0.2) is 0 Å².